The lowest BCUT2D eigenvalue weighted by atomic mass is 9.92. The van der Waals surface area contributed by atoms with Gasteiger partial charge in [-0.15, -0.1) is 0 Å². The van der Waals surface area contributed by atoms with Crippen molar-refractivity contribution in [2.45, 2.75) is 20.4 Å². The predicted octanol–water partition coefficient (Wildman–Crippen LogP) is 1.01. The molecule has 4 heteroatoms. The van der Waals surface area contributed by atoms with E-state index in [0.29, 0.717) is 13.1 Å². The Hall–Kier alpha value is -0.840. The molecule has 0 aromatic carbocycles. The van der Waals surface area contributed by atoms with Gasteiger partial charge >= 0.3 is 0 Å². The lowest BCUT2D eigenvalue weighted by Gasteiger charge is -2.29. The summed E-state index contributed by atoms with van der Waals surface area (Å²) in [5.41, 5.74) is 0.663. The van der Waals surface area contributed by atoms with E-state index in [-0.39, 0.29) is 13.2 Å². The predicted molar refractivity (Wildman–Crippen MR) is 62.1 cm³/mol. The minimum atomic E-state index is -0.463. The molecular formula is C12H21NO3. The average Bonchev–Trinajstić information content (AvgIpc) is 2.64. The van der Waals surface area contributed by atoms with Gasteiger partial charge in [0, 0.05) is 12.0 Å². The molecule has 1 aromatic rings. The Morgan fingerprint density at radius 2 is 2.00 bits per heavy atom. The lowest BCUT2D eigenvalue weighted by Crippen LogP contribution is -2.38. The molecule has 4 nitrogen and oxygen atoms in total. The molecule has 92 valence electrons. The van der Waals surface area contributed by atoms with Crippen molar-refractivity contribution < 1.29 is 14.6 Å². The van der Waals surface area contributed by atoms with Crippen molar-refractivity contribution in [1.82, 2.24) is 4.90 Å². The van der Waals surface area contributed by atoms with E-state index in [9.17, 15) is 10.2 Å². The van der Waals surface area contributed by atoms with E-state index in [1.807, 2.05) is 31.9 Å². The first-order valence-electron chi connectivity index (χ1n) is 5.44. The van der Waals surface area contributed by atoms with Gasteiger partial charge in [0.2, 0.25) is 0 Å². The summed E-state index contributed by atoms with van der Waals surface area (Å²) >= 11 is 0. The number of nitrogens with zero attached hydrogens (tertiary/aromatic N) is 1. The normalized spacial score (nSPS) is 12.4. The Bertz CT molecular complexity index is 318. The number of furan rings is 1. The van der Waals surface area contributed by atoms with Crippen molar-refractivity contribution in [3.8, 4) is 0 Å². The molecule has 1 heterocycles. The van der Waals surface area contributed by atoms with Crippen LogP contribution in [0.25, 0.3) is 0 Å². The molecule has 0 radical (unpaired) electrons. The monoisotopic (exact) mass is 227 g/mol. The second-order valence-electron chi connectivity index (χ2n) is 4.83. The van der Waals surface area contributed by atoms with Crippen molar-refractivity contribution in [2.24, 2.45) is 5.41 Å². The lowest BCUT2D eigenvalue weighted by molar-refractivity contribution is 0.0386. The summed E-state index contributed by atoms with van der Waals surface area (Å²) in [6.45, 7) is 5.13. The topological polar surface area (TPSA) is 56.8 Å². The maximum atomic E-state index is 9.20. The average molecular weight is 227 g/mol. The highest BCUT2D eigenvalue weighted by molar-refractivity contribution is 5.14. The number of aliphatic hydroxyl groups excluding tert-OH is 2. The molecule has 0 unspecified atom stereocenters. The number of hydrogen-bond donors (Lipinski definition) is 2. The van der Waals surface area contributed by atoms with Gasteiger partial charge in [0.05, 0.1) is 26.0 Å². The van der Waals surface area contributed by atoms with Crippen LogP contribution in [0, 0.1) is 12.3 Å². The maximum absolute atomic E-state index is 9.20. The molecule has 0 bridgehead atoms. The SMILES string of the molecule is Cc1ccoc1CN(C)CC(C)(CO)CO. The molecule has 2 N–H and O–H groups in total. The summed E-state index contributed by atoms with van der Waals surface area (Å²) < 4.78 is 5.35. The Balaban J connectivity index is 2.53. The molecule has 0 saturated heterocycles. The quantitative estimate of drug-likeness (QED) is 0.761. The molecule has 0 aliphatic carbocycles. The standard InChI is InChI=1S/C12H21NO3/c1-10-4-5-16-11(10)6-13(3)7-12(2,8-14)9-15/h4-5,14-15H,6-9H2,1-3H3. The Labute approximate surface area is 96.5 Å². The van der Waals surface area contributed by atoms with Gasteiger partial charge in [-0.25, -0.2) is 0 Å². The zero-order valence-electron chi connectivity index (χ0n) is 10.2. The summed E-state index contributed by atoms with van der Waals surface area (Å²) in [7, 11) is 1.95. The van der Waals surface area contributed by atoms with Crippen LogP contribution in [0.5, 0.6) is 0 Å². The largest absolute Gasteiger partial charge is 0.468 e. The van der Waals surface area contributed by atoms with E-state index < -0.39 is 5.41 Å². The van der Waals surface area contributed by atoms with Crippen molar-refractivity contribution in [3.63, 3.8) is 0 Å². The van der Waals surface area contributed by atoms with E-state index in [1.54, 1.807) is 6.26 Å². The molecule has 0 atom stereocenters. The van der Waals surface area contributed by atoms with E-state index >= 15 is 0 Å². The molecule has 0 saturated carbocycles. The van der Waals surface area contributed by atoms with E-state index in [1.165, 1.54) is 0 Å². The first-order valence-corrected chi connectivity index (χ1v) is 5.44. The minimum Gasteiger partial charge on any atom is -0.468 e. The second-order valence-corrected chi connectivity index (χ2v) is 4.83. The van der Waals surface area contributed by atoms with E-state index in [0.717, 1.165) is 11.3 Å². The molecular weight excluding hydrogens is 206 g/mol. The fourth-order valence-electron chi connectivity index (χ4n) is 1.67. The molecule has 0 spiro atoms. The number of rotatable bonds is 6. The maximum Gasteiger partial charge on any atom is 0.120 e. The molecule has 0 amide bonds. The highest BCUT2D eigenvalue weighted by atomic mass is 16.3. The summed E-state index contributed by atoms with van der Waals surface area (Å²) in [4.78, 5) is 2.04. The smallest absolute Gasteiger partial charge is 0.120 e. The third kappa shape index (κ3) is 3.33. The van der Waals surface area contributed by atoms with Crippen LogP contribution >= 0.6 is 0 Å². The van der Waals surface area contributed by atoms with E-state index in [2.05, 4.69) is 0 Å². The highest BCUT2D eigenvalue weighted by Crippen LogP contribution is 2.18. The fourth-order valence-corrected chi connectivity index (χ4v) is 1.67. The fraction of sp³-hybridized carbons (Fsp3) is 0.667. The van der Waals surface area contributed by atoms with Crippen molar-refractivity contribution in [3.05, 3.63) is 23.7 Å². The van der Waals surface area contributed by atoms with Gasteiger partial charge in [-0.1, -0.05) is 6.92 Å². The van der Waals surface area contributed by atoms with Crippen LogP contribution in [0.1, 0.15) is 18.2 Å². The summed E-state index contributed by atoms with van der Waals surface area (Å²) in [5.74, 6) is 0.931. The number of aliphatic hydroxyl groups is 2. The Morgan fingerprint density at radius 1 is 1.38 bits per heavy atom. The molecule has 0 aliphatic heterocycles. The number of aryl methyl sites for hydroxylation is 1. The van der Waals surface area contributed by atoms with Gasteiger partial charge in [0.15, 0.2) is 0 Å². The van der Waals surface area contributed by atoms with Crippen LogP contribution in [-0.4, -0.2) is 41.9 Å². The summed E-state index contributed by atoms with van der Waals surface area (Å²) in [6.07, 6.45) is 1.68. The highest BCUT2D eigenvalue weighted by Gasteiger charge is 2.24. The Kier molecular flexibility index (Phi) is 4.53. The van der Waals surface area contributed by atoms with Crippen LogP contribution < -0.4 is 0 Å². The third-order valence-corrected chi connectivity index (χ3v) is 2.80. The zero-order valence-corrected chi connectivity index (χ0v) is 10.2. The first-order chi connectivity index (χ1) is 7.50. The molecule has 1 rings (SSSR count). The van der Waals surface area contributed by atoms with Gasteiger partial charge in [-0.05, 0) is 25.6 Å². The van der Waals surface area contributed by atoms with Gasteiger partial charge in [0.25, 0.3) is 0 Å². The van der Waals surface area contributed by atoms with Gasteiger partial charge in [-0.2, -0.15) is 0 Å². The van der Waals surface area contributed by atoms with Crippen LogP contribution in [0.4, 0.5) is 0 Å². The van der Waals surface area contributed by atoms with Crippen LogP contribution in [0.15, 0.2) is 16.7 Å². The Morgan fingerprint density at radius 3 is 2.44 bits per heavy atom. The van der Waals surface area contributed by atoms with Crippen LogP contribution in [0.3, 0.4) is 0 Å². The van der Waals surface area contributed by atoms with Crippen LogP contribution in [-0.2, 0) is 6.54 Å². The third-order valence-electron chi connectivity index (χ3n) is 2.80. The van der Waals surface area contributed by atoms with Crippen LogP contribution in [0.2, 0.25) is 0 Å². The first kappa shape index (κ1) is 13.2. The molecule has 16 heavy (non-hydrogen) atoms. The van der Waals surface area contributed by atoms with E-state index in [4.69, 9.17) is 4.42 Å². The van der Waals surface area contributed by atoms with Crippen molar-refractivity contribution >= 4 is 0 Å². The second kappa shape index (κ2) is 5.48. The minimum absolute atomic E-state index is 0.0228. The zero-order chi connectivity index (χ0) is 12.2. The molecule has 1 aromatic heterocycles. The van der Waals surface area contributed by atoms with Crippen molar-refractivity contribution in [2.75, 3.05) is 26.8 Å². The summed E-state index contributed by atoms with van der Waals surface area (Å²) in [5, 5.41) is 18.4. The summed E-state index contributed by atoms with van der Waals surface area (Å²) in [6, 6.07) is 1.93. The molecule has 0 fully saturated rings. The van der Waals surface area contributed by atoms with Gasteiger partial charge in [0.1, 0.15) is 5.76 Å². The van der Waals surface area contributed by atoms with Gasteiger partial charge in [-0.3, -0.25) is 4.90 Å². The van der Waals surface area contributed by atoms with Crippen molar-refractivity contribution in [1.29, 1.82) is 0 Å². The number of hydrogen-bond acceptors (Lipinski definition) is 4. The van der Waals surface area contributed by atoms with Gasteiger partial charge < -0.3 is 14.6 Å². The molecule has 0 aliphatic rings.